The molecule has 6 nitrogen and oxygen atoms in total. The van der Waals surface area contributed by atoms with Gasteiger partial charge in [-0.25, -0.2) is 0 Å². The van der Waals surface area contributed by atoms with Crippen molar-refractivity contribution in [2.24, 2.45) is 0 Å². The predicted molar refractivity (Wildman–Crippen MR) is 145 cm³/mol. The summed E-state index contributed by atoms with van der Waals surface area (Å²) in [6.07, 6.45) is 6.19. The topological polar surface area (TPSA) is 55.4 Å². The van der Waals surface area contributed by atoms with Crippen molar-refractivity contribution in [2.75, 3.05) is 13.2 Å². The van der Waals surface area contributed by atoms with Crippen LogP contribution in [0.5, 0.6) is 0 Å². The molecule has 1 spiro atoms. The van der Waals surface area contributed by atoms with E-state index in [1.165, 1.54) is 6.42 Å². The molecule has 204 valence electrons. The summed E-state index contributed by atoms with van der Waals surface area (Å²) in [6, 6.07) is 20.3. The zero-order chi connectivity index (χ0) is 26.2. The van der Waals surface area contributed by atoms with E-state index in [1.54, 1.807) is 12.2 Å². The Morgan fingerprint density at radius 3 is 1.61 bits per heavy atom. The van der Waals surface area contributed by atoms with Crippen molar-refractivity contribution < 1.29 is 28.4 Å². The summed E-state index contributed by atoms with van der Waals surface area (Å²) in [5, 5.41) is 0. The zero-order valence-corrected chi connectivity index (χ0v) is 22.1. The van der Waals surface area contributed by atoms with Crippen molar-refractivity contribution in [1.82, 2.24) is 0 Å². The van der Waals surface area contributed by atoms with Crippen LogP contribution < -0.4 is 0 Å². The molecule has 0 N–H and O–H groups in total. The van der Waals surface area contributed by atoms with Crippen molar-refractivity contribution in [2.45, 2.75) is 87.7 Å². The first-order chi connectivity index (χ1) is 18.7. The SMILES string of the molecule is C=CCO[C@@H]1[C@@H](OCc2ccccc2)[C@H](OCc2ccccc2)[C@H]2OC3(CCCCC3)O[C@H]2[C@H]1OCC=C. The molecule has 2 saturated carbocycles. The van der Waals surface area contributed by atoms with Crippen molar-refractivity contribution in [1.29, 1.82) is 0 Å². The molecule has 1 heterocycles. The second-order valence-corrected chi connectivity index (χ2v) is 10.3. The molecule has 3 fully saturated rings. The summed E-state index contributed by atoms with van der Waals surface area (Å²) in [5.74, 6) is -0.616. The molecule has 2 aromatic carbocycles. The van der Waals surface area contributed by atoms with Crippen LogP contribution in [-0.2, 0) is 41.6 Å². The Morgan fingerprint density at radius 2 is 1.08 bits per heavy atom. The maximum atomic E-state index is 6.83. The fraction of sp³-hybridized carbons (Fsp3) is 0.500. The highest BCUT2D eigenvalue weighted by atomic mass is 16.8. The third-order valence-electron chi connectivity index (χ3n) is 7.64. The number of hydrogen-bond acceptors (Lipinski definition) is 6. The number of ether oxygens (including phenoxy) is 6. The second-order valence-electron chi connectivity index (χ2n) is 10.3. The lowest BCUT2D eigenvalue weighted by molar-refractivity contribution is -0.244. The smallest absolute Gasteiger partial charge is 0.169 e. The van der Waals surface area contributed by atoms with E-state index in [9.17, 15) is 0 Å². The molecular weight excluding hydrogens is 480 g/mol. The molecule has 0 amide bonds. The summed E-state index contributed by atoms with van der Waals surface area (Å²) in [5.41, 5.74) is 2.17. The minimum absolute atomic E-state index is 0.347. The van der Waals surface area contributed by atoms with Gasteiger partial charge in [0.2, 0.25) is 0 Å². The highest BCUT2D eigenvalue weighted by molar-refractivity contribution is 5.16. The van der Waals surface area contributed by atoms with Crippen LogP contribution in [0.2, 0.25) is 0 Å². The van der Waals surface area contributed by atoms with Crippen LogP contribution in [0.3, 0.4) is 0 Å². The Bertz CT molecular complexity index is 1010. The first-order valence-electron chi connectivity index (χ1n) is 13.8. The third-order valence-corrected chi connectivity index (χ3v) is 7.64. The summed E-state index contributed by atoms with van der Waals surface area (Å²) < 4.78 is 39.7. The normalized spacial score (nSPS) is 30.1. The first-order valence-corrected chi connectivity index (χ1v) is 13.8. The minimum Gasteiger partial charge on any atom is -0.369 e. The van der Waals surface area contributed by atoms with Gasteiger partial charge in [0.05, 0.1) is 26.4 Å². The minimum atomic E-state index is -0.616. The van der Waals surface area contributed by atoms with Gasteiger partial charge < -0.3 is 28.4 Å². The number of fused-ring (bicyclic) bond motifs is 1. The van der Waals surface area contributed by atoms with Crippen LogP contribution in [0.1, 0.15) is 43.2 Å². The van der Waals surface area contributed by atoms with Crippen molar-refractivity contribution >= 4 is 0 Å². The van der Waals surface area contributed by atoms with Gasteiger partial charge in [-0.15, -0.1) is 13.2 Å². The van der Waals surface area contributed by atoms with Gasteiger partial charge in [0, 0.05) is 12.8 Å². The van der Waals surface area contributed by atoms with Crippen LogP contribution in [0, 0.1) is 0 Å². The first kappa shape index (κ1) is 27.3. The summed E-state index contributed by atoms with van der Waals surface area (Å²) in [7, 11) is 0. The Morgan fingerprint density at radius 1 is 0.632 bits per heavy atom. The van der Waals surface area contributed by atoms with Crippen molar-refractivity contribution in [3.05, 3.63) is 97.1 Å². The summed E-state index contributed by atoms with van der Waals surface area (Å²) in [6.45, 7) is 9.32. The van der Waals surface area contributed by atoms with Crippen molar-refractivity contribution in [3.63, 3.8) is 0 Å². The largest absolute Gasteiger partial charge is 0.369 e. The average Bonchev–Trinajstić information content (AvgIpc) is 3.32. The molecule has 38 heavy (non-hydrogen) atoms. The van der Waals surface area contributed by atoms with Gasteiger partial charge in [-0.3, -0.25) is 0 Å². The second kappa shape index (κ2) is 13.2. The molecular formula is C32H40O6. The van der Waals surface area contributed by atoms with E-state index in [0.29, 0.717) is 26.4 Å². The number of benzene rings is 2. The molecule has 2 aromatic rings. The molecule has 1 aliphatic heterocycles. The van der Waals surface area contributed by atoms with E-state index in [0.717, 1.165) is 36.8 Å². The fourth-order valence-electron chi connectivity index (χ4n) is 5.89. The molecule has 3 aliphatic rings. The molecule has 6 atom stereocenters. The highest BCUT2D eigenvalue weighted by Gasteiger charge is 2.62. The highest BCUT2D eigenvalue weighted by Crippen LogP contribution is 2.47. The standard InChI is InChI=1S/C32H40O6/c1-3-20-33-26-27(35-22-24-14-8-5-9-15-24)29(36-23-25-16-10-6-11-17-25)31-30(28(26)34-21-4-2)37-32(38-31)18-12-7-13-19-32/h3-6,8-11,14-17,26-31H,1-2,7,12-13,18-23H2/t26-,27-,28+,29+,30+,31-/m1/s1. The molecule has 5 rings (SSSR count). The van der Waals surface area contributed by atoms with Gasteiger partial charge in [-0.05, 0) is 24.0 Å². The van der Waals surface area contributed by atoms with Gasteiger partial charge >= 0.3 is 0 Å². The Balaban J connectivity index is 1.48. The van der Waals surface area contributed by atoms with Crippen LogP contribution >= 0.6 is 0 Å². The van der Waals surface area contributed by atoms with Crippen LogP contribution in [0.15, 0.2) is 86.0 Å². The third kappa shape index (κ3) is 6.28. The quantitative estimate of drug-likeness (QED) is 0.332. The molecule has 0 bridgehead atoms. The molecule has 6 heteroatoms. The summed E-state index contributed by atoms with van der Waals surface area (Å²) in [4.78, 5) is 0. The average molecular weight is 521 g/mol. The molecule has 0 aromatic heterocycles. The van der Waals surface area contributed by atoms with E-state index in [2.05, 4.69) is 37.4 Å². The predicted octanol–water partition coefficient (Wildman–Crippen LogP) is 5.76. The lowest BCUT2D eigenvalue weighted by Gasteiger charge is -2.46. The van der Waals surface area contributed by atoms with E-state index in [4.69, 9.17) is 28.4 Å². The Hall–Kier alpha value is -2.32. The van der Waals surface area contributed by atoms with E-state index in [1.807, 2.05) is 36.4 Å². The maximum Gasteiger partial charge on any atom is 0.169 e. The summed E-state index contributed by atoms with van der Waals surface area (Å²) >= 11 is 0. The molecule has 2 aliphatic carbocycles. The van der Waals surface area contributed by atoms with E-state index < -0.39 is 30.2 Å². The zero-order valence-electron chi connectivity index (χ0n) is 22.1. The van der Waals surface area contributed by atoms with Gasteiger partial charge in [0.25, 0.3) is 0 Å². The van der Waals surface area contributed by atoms with Gasteiger partial charge in [0.15, 0.2) is 5.79 Å². The Kier molecular flexibility index (Phi) is 9.44. The Labute approximate surface area is 226 Å². The van der Waals surface area contributed by atoms with Gasteiger partial charge in [0.1, 0.15) is 36.6 Å². The monoisotopic (exact) mass is 520 g/mol. The molecule has 0 unspecified atom stereocenters. The van der Waals surface area contributed by atoms with Crippen LogP contribution in [-0.4, -0.2) is 55.6 Å². The number of rotatable bonds is 12. The van der Waals surface area contributed by atoms with E-state index >= 15 is 0 Å². The van der Waals surface area contributed by atoms with Crippen LogP contribution in [0.4, 0.5) is 0 Å². The maximum absolute atomic E-state index is 6.83. The lowest BCUT2D eigenvalue weighted by Crippen LogP contribution is -2.65. The molecule has 0 radical (unpaired) electrons. The van der Waals surface area contributed by atoms with Gasteiger partial charge in [-0.2, -0.15) is 0 Å². The van der Waals surface area contributed by atoms with E-state index in [-0.39, 0.29) is 12.2 Å². The van der Waals surface area contributed by atoms with Gasteiger partial charge in [-0.1, -0.05) is 79.2 Å². The fourth-order valence-corrected chi connectivity index (χ4v) is 5.89. The lowest BCUT2D eigenvalue weighted by atomic mass is 9.84. The van der Waals surface area contributed by atoms with Crippen molar-refractivity contribution in [3.8, 4) is 0 Å². The molecule has 1 saturated heterocycles. The van der Waals surface area contributed by atoms with Crippen LogP contribution in [0.25, 0.3) is 0 Å². The number of hydrogen-bond donors (Lipinski definition) is 0.